The van der Waals surface area contributed by atoms with Crippen LogP contribution >= 0.6 is 0 Å². The van der Waals surface area contributed by atoms with Gasteiger partial charge in [-0.1, -0.05) is 17.3 Å². The summed E-state index contributed by atoms with van der Waals surface area (Å²) in [5, 5.41) is 11.5. The van der Waals surface area contributed by atoms with Crippen molar-refractivity contribution < 1.29 is 4.79 Å². The van der Waals surface area contributed by atoms with Gasteiger partial charge in [-0.25, -0.2) is 9.48 Å². The summed E-state index contributed by atoms with van der Waals surface area (Å²) in [6.45, 7) is 3.45. The van der Waals surface area contributed by atoms with Gasteiger partial charge < -0.3 is 10.2 Å². The molecule has 1 aliphatic heterocycles. The van der Waals surface area contributed by atoms with Gasteiger partial charge in [-0.15, -0.1) is 5.10 Å². The predicted octanol–water partition coefficient (Wildman–Crippen LogP) is 2.94. The van der Waals surface area contributed by atoms with Gasteiger partial charge in [0, 0.05) is 30.9 Å². The molecular weight excluding hydrogens is 290 g/mol. The minimum atomic E-state index is -0.0411. The Kier molecular flexibility index (Phi) is 3.52. The van der Waals surface area contributed by atoms with Crippen molar-refractivity contribution in [2.75, 3.05) is 18.4 Å². The van der Waals surface area contributed by atoms with Crippen LogP contribution in [-0.2, 0) is 0 Å². The van der Waals surface area contributed by atoms with Crippen molar-refractivity contribution >= 4 is 11.7 Å². The van der Waals surface area contributed by atoms with Crippen LogP contribution in [-0.4, -0.2) is 39.0 Å². The first-order valence-electron chi connectivity index (χ1n) is 8.23. The lowest BCUT2D eigenvalue weighted by Gasteiger charge is -2.17. The molecule has 23 heavy (non-hydrogen) atoms. The topological polar surface area (TPSA) is 63.1 Å². The van der Waals surface area contributed by atoms with E-state index in [2.05, 4.69) is 21.8 Å². The minimum Gasteiger partial charge on any atom is -0.322 e. The highest BCUT2D eigenvalue weighted by Crippen LogP contribution is 2.39. The van der Waals surface area contributed by atoms with Crippen LogP contribution in [0.1, 0.15) is 42.5 Å². The first-order valence-corrected chi connectivity index (χ1v) is 8.23. The molecule has 6 heteroatoms. The quantitative estimate of drug-likeness (QED) is 0.948. The molecule has 1 saturated heterocycles. The molecule has 0 bridgehead atoms. The number of rotatable bonds is 3. The molecule has 1 atom stereocenters. The largest absolute Gasteiger partial charge is 0.322 e. The van der Waals surface area contributed by atoms with Gasteiger partial charge in [0.2, 0.25) is 0 Å². The number of hydrogen-bond acceptors (Lipinski definition) is 3. The van der Waals surface area contributed by atoms with Gasteiger partial charge in [-0.2, -0.15) is 0 Å². The van der Waals surface area contributed by atoms with E-state index in [0.717, 1.165) is 29.9 Å². The molecule has 1 unspecified atom stereocenters. The number of urea groups is 1. The van der Waals surface area contributed by atoms with Crippen molar-refractivity contribution in [3.05, 3.63) is 41.7 Å². The molecule has 120 valence electrons. The third-order valence-corrected chi connectivity index (χ3v) is 4.62. The number of amides is 2. The lowest BCUT2D eigenvalue weighted by atomic mass is 10.2. The smallest absolute Gasteiger partial charge is 0.321 e. The van der Waals surface area contributed by atoms with Crippen molar-refractivity contribution in [1.82, 2.24) is 19.9 Å². The molecule has 1 N–H and O–H groups in total. The maximum atomic E-state index is 12.4. The van der Waals surface area contributed by atoms with E-state index in [9.17, 15) is 4.79 Å². The Morgan fingerprint density at radius 2 is 2.17 bits per heavy atom. The van der Waals surface area contributed by atoms with Crippen LogP contribution in [0.4, 0.5) is 10.5 Å². The van der Waals surface area contributed by atoms with Crippen molar-refractivity contribution in [3.63, 3.8) is 0 Å². The molecule has 2 fully saturated rings. The second-order valence-electron chi connectivity index (χ2n) is 6.59. The van der Waals surface area contributed by atoms with E-state index < -0.39 is 0 Å². The molecule has 1 aromatic heterocycles. The first-order chi connectivity index (χ1) is 11.2. The van der Waals surface area contributed by atoms with E-state index in [1.807, 2.05) is 40.8 Å². The second-order valence-corrected chi connectivity index (χ2v) is 6.59. The van der Waals surface area contributed by atoms with E-state index in [1.165, 1.54) is 12.8 Å². The number of anilines is 1. The lowest BCUT2D eigenvalue weighted by Crippen LogP contribution is -2.33. The van der Waals surface area contributed by atoms with Gasteiger partial charge in [-0.3, -0.25) is 0 Å². The SMILES string of the molecule is Cc1cccc(NC(=O)N2CCC(n3cc(C4CC4)nn3)C2)c1. The Morgan fingerprint density at radius 1 is 1.30 bits per heavy atom. The number of benzene rings is 1. The molecule has 2 heterocycles. The van der Waals surface area contributed by atoms with Crippen molar-refractivity contribution in [2.24, 2.45) is 0 Å². The molecule has 6 nitrogen and oxygen atoms in total. The third-order valence-electron chi connectivity index (χ3n) is 4.62. The molecule has 4 rings (SSSR count). The maximum absolute atomic E-state index is 12.4. The lowest BCUT2D eigenvalue weighted by molar-refractivity contribution is 0.220. The number of aromatic nitrogens is 3. The van der Waals surface area contributed by atoms with Crippen LogP contribution in [0, 0.1) is 6.92 Å². The molecule has 2 aliphatic rings. The van der Waals surface area contributed by atoms with Gasteiger partial charge in [0.15, 0.2) is 0 Å². The number of hydrogen-bond donors (Lipinski definition) is 1. The standard InChI is InChI=1S/C17H21N5O/c1-12-3-2-4-14(9-12)18-17(23)21-8-7-15(10-21)22-11-16(19-20-22)13-5-6-13/h2-4,9,11,13,15H,5-8,10H2,1H3,(H,18,23). The highest BCUT2D eigenvalue weighted by atomic mass is 16.2. The highest BCUT2D eigenvalue weighted by molar-refractivity contribution is 5.89. The van der Waals surface area contributed by atoms with Crippen LogP contribution in [0.3, 0.4) is 0 Å². The fraction of sp³-hybridized carbons (Fsp3) is 0.471. The predicted molar refractivity (Wildman–Crippen MR) is 87.4 cm³/mol. The molecule has 1 saturated carbocycles. The van der Waals surface area contributed by atoms with E-state index in [1.54, 1.807) is 0 Å². The molecular formula is C17H21N5O. The fourth-order valence-electron chi connectivity index (χ4n) is 3.10. The Balaban J connectivity index is 1.38. The van der Waals surface area contributed by atoms with Crippen LogP contribution in [0.25, 0.3) is 0 Å². The number of nitrogens with zero attached hydrogens (tertiary/aromatic N) is 4. The summed E-state index contributed by atoms with van der Waals surface area (Å²) in [7, 11) is 0. The van der Waals surface area contributed by atoms with Gasteiger partial charge in [-0.05, 0) is 43.9 Å². The van der Waals surface area contributed by atoms with Crippen LogP contribution in [0.2, 0.25) is 0 Å². The average Bonchev–Trinajstić information content (AvgIpc) is 3.08. The van der Waals surface area contributed by atoms with Crippen LogP contribution < -0.4 is 5.32 Å². The van der Waals surface area contributed by atoms with Gasteiger partial charge in [0.1, 0.15) is 0 Å². The van der Waals surface area contributed by atoms with Gasteiger partial charge in [0.05, 0.1) is 11.7 Å². The molecule has 2 amide bonds. The van der Waals surface area contributed by atoms with Crippen molar-refractivity contribution in [1.29, 1.82) is 0 Å². The molecule has 1 aromatic carbocycles. The summed E-state index contributed by atoms with van der Waals surface area (Å²) in [6.07, 6.45) is 5.45. The molecule has 0 radical (unpaired) electrons. The summed E-state index contributed by atoms with van der Waals surface area (Å²) in [4.78, 5) is 14.2. The zero-order chi connectivity index (χ0) is 15.8. The third kappa shape index (κ3) is 3.06. The summed E-state index contributed by atoms with van der Waals surface area (Å²) in [5.41, 5.74) is 3.08. The van der Waals surface area contributed by atoms with Gasteiger partial charge >= 0.3 is 6.03 Å². The summed E-state index contributed by atoms with van der Waals surface area (Å²) < 4.78 is 1.94. The Bertz CT molecular complexity index is 721. The average molecular weight is 311 g/mol. The minimum absolute atomic E-state index is 0.0411. The van der Waals surface area contributed by atoms with Crippen LogP contribution in [0.5, 0.6) is 0 Å². The first kappa shape index (κ1) is 14.2. The van der Waals surface area contributed by atoms with Gasteiger partial charge in [0.25, 0.3) is 0 Å². The zero-order valence-electron chi connectivity index (χ0n) is 13.3. The van der Waals surface area contributed by atoms with E-state index in [0.29, 0.717) is 12.5 Å². The number of aryl methyl sites for hydroxylation is 1. The number of carbonyl (C=O) groups excluding carboxylic acids is 1. The van der Waals surface area contributed by atoms with E-state index in [4.69, 9.17) is 0 Å². The maximum Gasteiger partial charge on any atom is 0.321 e. The molecule has 2 aromatic rings. The van der Waals surface area contributed by atoms with Crippen molar-refractivity contribution in [2.45, 2.75) is 38.1 Å². The Morgan fingerprint density at radius 3 is 2.96 bits per heavy atom. The normalized spacial score (nSPS) is 20.7. The summed E-state index contributed by atoms with van der Waals surface area (Å²) >= 11 is 0. The number of carbonyl (C=O) groups is 1. The van der Waals surface area contributed by atoms with Crippen LogP contribution in [0.15, 0.2) is 30.5 Å². The van der Waals surface area contributed by atoms with Crippen molar-refractivity contribution in [3.8, 4) is 0 Å². The highest BCUT2D eigenvalue weighted by Gasteiger charge is 2.31. The zero-order valence-corrected chi connectivity index (χ0v) is 13.3. The molecule has 0 spiro atoms. The summed E-state index contributed by atoms with van der Waals surface area (Å²) in [5.74, 6) is 0.617. The molecule has 1 aliphatic carbocycles. The van der Waals surface area contributed by atoms with E-state index in [-0.39, 0.29) is 12.1 Å². The van der Waals surface area contributed by atoms with E-state index >= 15 is 0 Å². The Hall–Kier alpha value is -2.37. The number of likely N-dealkylation sites (tertiary alicyclic amines) is 1. The fourth-order valence-corrected chi connectivity index (χ4v) is 3.10. The number of nitrogens with one attached hydrogen (secondary N) is 1. The monoisotopic (exact) mass is 311 g/mol. The summed E-state index contributed by atoms with van der Waals surface area (Å²) in [6, 6.07) is 8.05. The second kappa shape index (κ2) is 5.68. The Labute approximate surface area is 135 Å².